The molecule has 0 atom stereocenters. The summed E-state index contributed by atoms with van der Waals surface area (Å²) in [7, 11) is 3.26. The van der Waals surface area contributed by atoms with Crippen LogP contribution >= 0.6 is 0 Å². The number of nitrogens with zero attached hydrogens (tertiary/aromatic N) is 2. The third-order valence-corrected chi connectivity index (χ3v) is 5.61. The summed E-state index contributed by atoms with van der Waals surface area (Å²) in [6, 6.07) is 13.5. The third-order valence-electron chi connectivity index (χ3n) is 5.61. The minimum Gasteiger partial charge on any atom is -0.493 e. The molecule has 0 saturated carbocycles. The van der Waals surface area contributed by atoms with Crippen LogP contribution in [0.4, 0.5) is 5.69 Å². The van der Waals surface area contributed by atoms with Crippen LogP contribution in [0.25, 0.3) is 21.7 Å². The number of aryl methyl sites for hydroxylation is 1. The van der Waals surface area contributed by atoms with Gasteiger partial charge in [-0.2, -0.15) is 0 Å². The first-order valence-corrected chi connectivity index (χ1v) is 10.9. The largest absolute Gasteiger partial charge is 0.493 e. The summed E-state index contributed by atoms with van der Waals surface area (Å²) in [6.45, 7) is 1.55. The molecule has 1 amide bonds. The fourth-order valence-corrected chi connectivity index (χ4v) is 4.03. The van der Waals surface area contributed by atoms with E-state index in [1.165, 1.54) is 0 Å². The van der Waals surface area contributed by atoms with Crippen molar-refractivity contribution in [3.63, 3.8) is 0 Å². The van der Waals surface area contributed by atoms with Crippen LogP contribution in [0.2, 0.25) is 0 Å². The van der Waals surface area contributed by atoms with Crippen molar-refractivity contribution in [1.29, 1.82) is 0 Å². The number of fused-ring (bicyclic) bond motifs is 2. The molecule has 4 rings (SSSR count). The van der Waals surface area contributed by atoms with Crippen molar-refractivity contribution in [2.75, 3.05) is 26.1 Å². The number of carbonyl (C=O) groups is 1. The summed E-state index contributed by atoms with van der Waals surface area (Å²) in [5.41, 5.74) is 4.14. The molecule has 170 valence electrons. The summed E-state index contributed by atoms with van der Waals surface area (Å²) >= 11 is 0. The van der Waals surface area contributed by atoms with Gasteiger partial charge >= 0.3 is 0 Å². The highest BCUT2D eigenvalue weighted by Crippen LogP contribution is 2.35. The van der Waals surface area contributed by atoms with Gasteiger partial charge in [-0.3, -0.25) is 14.8 Å². The maximum absolute atomic E-state index is 11.7. The highest BCUT2D eigenvalue weighted by atomic mass is 16.5. The van der Waals surface area contributed by atoms with Gasteiger partial charge < -0.3 is 19.9 Å². The topological polar surface area (TPSA) is 93.6 Å². The molecule has 0 radical (unpaired) electrons. The van der Waals surface area contributed by atoms with E-state index in [-0.39, 0.29) is 0 Å². The number of methoxy groups -OCH3 is 2. The Morgan fingerprint density at radius 3 is 2.52 bits per heavy atom. The van der Waals surface area contributed by atoms with E-state index in [4.69, 9.17) is 24.5 Å². The molecule has 2 heterocycles. The number of hydrogen-bond acceptors (Lipinski definition) is 6. The number of amides is 1. The number of pyridine rings is 2. The van der Waals surface area contributed by atoms with Gasteiger partial charge in [0.2, 0.25) is 5.91 Å². The molecule has 4 aromatic rings. The number of nitrogens with one attached hydrogen (secondary N) is 1. The van der Waals surface area contributed by atoms with Crippen molar-refractivity contribution in [2.24, 2.45) is 0 Å². The highest BCUT2D eigenvalue weighted by Gasteiger charge is 2.15. The predicted octanol–water partition coefficient (Wildman–Crippen LogP) is 4.27. The molecule has 2 aromatic carbocycles. The van der Waals surface area contributed by atoms with Crippen LogP contribution in [-0.4, -0.2) is 41.8 Å². The first-order chi connectivity index (χ1) is 16.1. The molecule has 0 unspecified atom stereocenters. The van der Waals surface area contributed by atoms with E-state index in [2.05, 4.69) is 12.2 Å². The molecule has 0 fully saturated rings. The molecule has 7 heteroatoms. The molecule has 0 saturated heterocycles. The fourth-order valence-electron chi connectivity index (χ4n) is 4.03. The van der Waals surface area contributed by atoms with Crippen LogP contribution in [0.5, 0.6) is 11.5 Å². The first kappa shape index (κ1) is 22.5. The Balaban J connectivity index is 1.80. The monoisotopic (exact) mass is 445 g/mol. The lowest BCUT2D eigenvalue weighted by Crippen LogP contribution is -2.15. The summed E-state index contributed by atoms with van der Waals surface area (Å²) < 4.78 is 11.1. The summed E-state index contributed by atoms with van der Waals surface area (Å²) in [5.74, 6) is 0.868. The Kier molecular flexibility index (Phi) is 6.70. The molecule has 2 aromatic heterocycles. The van der Waals surface area contributed by atoms with E-state index in [9.17, 15) is 4.79 Å². The number of hydrogen-bond donors (Lipinski definition) is 2. The van der Waals surface area contributed by atoms with E-state index in [0.717, 1.165) is 46.0 Å². The SMILES string of the molecule is CCCc1ncc(Cc2ccc3cccc(NC(=O)CO)c3n2)c2cc(OC)c(OC)cc12. The van der Waals surface area contributed by atoms with Crippen LogP contribution in [0.3, 0.4) is 0 Å². The van der Waals surface area contributed by atoms with E-state index in [0.29, 0.717) is 29.1 Å². The van der Waals surface area contributed by atoms with Gasteiger partial charge in [0.25, 0.3) is 0 Å². The first-order valence-electron chi connectivity index (χ1n) is 10.9. The normalized spacial score (nSPS) is 11.0. The number of aromatic nitrogens is 2. The van der Waals surface area contributed by atoms with Gasteiger partial charge in [-0.15, -0.1) is 0 Å². The number of para-hydroxylation sites is 1. The van der Waals surface area contributed by atoms with E-state index >= 15 is 0 Å². The Morgan fingerprint density at radius 2 is 1.82 bits per heavy atom. The molecular weight excluding hydrogens is 418 g/mol. The van der Waals surface area contributed by atoms with Crippen molar-refractivity contribution in [3.8, 4) is 11.5 Å². The molecule has 0 spiro atoms. The third kappa shape index (κ3) is 4.59. The lowest BCUT2D eigenvalue weighted by Gasteiger charge is -2.15. The van der Waals surface area contributed by atoms with Gasteiger partial charge in [0, 0.05) is 34.8 Å². The smallest absolute Gasteiger partial charge is 0.250 e. The van der Waals surface area contributed by atoms with Gasteiger partial charge in [0.15, 0.2) is 11.5 Å². The number of anilines is 1. The molecule has 0 bridgehead atoms. The van der Waals surface area contributed by atoms with Gasteiger partial charge in [0.05, 0.1) is 25.4 Å². The van der Waals surface area contributed by atoms with E-state index < -0.39 is 12.5 Å². The minimum atomic E-state index is -0.580. The van der Waals surface area contributed by atoms with Crippen LogP contribution in [0, 0.1) is 0 Å². The van der Waals surface area contributed by atoms with Gasteiger partial charge in [0.1, 0.15) is 6.61 Å². The van der Waals surface area contributed by atoms with Gasteiger partial charge in [-0.25, -0.2) is 0 Å². The molecule has 33 heavy (non-hydrogen) atoms. The van der Waals surface area contributed by atoms with Crippen molar-refractivity contribution < 1.29 is 19.4 Å². The lowest BCUT2D eigenvalue weighted by molar-refractivity contribution is -0.118. The maximum atomic E-state index is 11.7. The van der Waals surface area contributed by atoms with Gasteiger partial charge in [-0.05, 0) is 41.6 Å². The zero-order valence-electron chi connectivity index (χ0n) is 19.0. The molecule has 0 aliphatic heterocycles. The quantitative estimate of drug-likeness (QED) is 0.421. The van der Waals surface area contributed by atoms with Gasteiger partial charge in [-0.1, -0.05) is 31.5 Å². The second kappa shape index (κ2) is 9.83. The van der Waals surface area contributed by atoms with Crippen molar-refractivity contribution >= 4 is 33.3 Å². The summed E-state index contributed by atoms with van der Waals surface area (Å²) in [6.07, 6.45) is 4.33. The Labute approximate surface area is 192 Å². The zero-order chi connectivity index (χ0) is 23.4. The number of ether oxygens (including phenoxy) is 2. The van der Waals surface area contributed by atoms with E-state index in [1.807, 2.05) is 42.6 Å². The molecular formula is C26H27N3O4. The lowest BCUT2D eigenvalue weighted by atomic mass is 9.99. The summed E-state index contributed by atoms with van der Waals surface area (Å²) in [5, 5.41) is 14.8. The number of carbonyl (C=O) groups excluding carboxylic acids is 1. The van der Waals surface area contributed by atoms with E-state index in [1.54, 1.807) is 20.3 Å². The Morgan fingerprint density at radius 1 is 1.06 bits per heavy atom. The number of aliphatic hydroxyl groups is 1. The minimum absolute atomic E-state index is 0.475. The van der Waals surface area contributed by atoms with Crippen LogP contribution in [0.1, 0.15) is 30.3 Å². The second-order valence-corrected chi connectivity index (χ2v) is 7.80. The summed E-state index contributed by atoms with van der Waals surface area (Å²) in [4.78, 5) is 21.3. The average Bonchev–Trinajstić information content (AvgIpc) is 2.85. The fraction of sp³-hybridized carbons (Fsp3) is 0.269. The number of rotatable bonds is 8. The number of benzene rings is 2. The standard InChI is InChI=1S/C26H27N3O4/c1-4-6-21-20-13-24(33-3)23(32-2)12-19(20)17(14-27-21)11-18-10-9-16-7-5-8-22(26(16)28-18)29-25(31)15-30/h5,7-10,12-14,30H,4,6,11,15H2,1-3H3,(H,29,31). The predicted molar refractivity (Wildman–Crippen MR) is 129 cm³/mol. The maximum Gasteiger partial charge on any atom is 0.250 e. The molecule has 0 aliphatic rings. The van der Waals surface area contributed by atoms with Crippen LogP contribution in [0.15, 0.2) is 48.7 Å². The van der Waals surface area contributed by atoms with Crippen molar-refractivity contribution in [1.82, 2.24) is 9.97 Å². The van der Waals surface area contributed by atoms with Crippen molar-refractivity contribution in [2.45, 2.75) is 26.2 Å². The Bertz CT molecular complexity index is 1320. The highest BCUT2D eigenvalue weighted by molar-refractivity contribution is 6.00. The molecule has 7 nitrogen and oxygen atoms in total. The van der Waals surface area contributed by atoms with Crippen LogP contribution < -0.4 is 14.8 Å². The molecule has 0 aliphatic carbocycles. The average molecular weight is 446 g/mol. The Hall–Kier alpha value is -3.71. The second-order valence-electron chi connectivity index (χ2n) is 7.80. The molecule has 2 N–H and O–H groups in total. The number of aliphatic hydroxyl groups excluding tert-OH is 1. The van der Waals surface area contributed by atoms with Crippen molar-refractivity contribution in [3.05, 3.63) is 65.6 Å². The van der Waals surface area contributed by atoms with Crippen LogP contribution in [-0.2, 0) is 17.6 Å². The zero-order valence-corrected chi connectivity index (χ0v) is 19.0.